The van der Waals surface area contributed by atoms with Crippen molar-refractivity contribution in [2.45, 2.75) is 13.0 Å². The summed E-state index contributed by atoms with van der Waals surface area (Å²) in [5, 5.41) is 11.7. The average molecular weight is 275 g/mol. The van der Waals surface area contributed by atoms with Crippen LogP contribution in [0.5, 0.6) is 0 Å². The van der Waals surface area contributed by atoms with Gasteiger partial charge in [-0.1, -0.05) is 17.7 Å². The molecule has 2 N–H and O–H groups in total. The molecule has 0 saturated heterocycles. The summed E-state index contributed by atoms with van der Waals surface area (Å²) in [5.74, 6) is -0.417. The maximum absolute atomic E-state index is 12.9. The molecule has 1 unspecified atom stereocenters. The van der Waals surface area contributed by atoms with E-state index in [4.69, 9.17) is 16.7 Å². The zero-order chi connectivity index (χ0) is 13.7. The lowest BCUT2D eigenvalue weighted by Crippen LogP contribution is -2.39. The largest absolute Gasteiger partial charge is 0.395 e. The van der Waals surface area contributed by atoms with Gasteiger partial charge in [0.1, 0.15) is 5.82 Å². The van der Waals surface area contributed by atoms with Crippen LogP contribution in [-0.4, -0.2) is 36.2 Å². The molecule has 0 aromatic heterocycles. The van der Waals surface area contributed by atoms with Gasteiger partial charge >= 0.3 is 6.03 Å². The van der Waals surface area contributed by atoms with Gasteiger partial charge in [-0.2, -0.15) is 0 Å². The molecule has 0 saturated carbocycles. The second-order valence-electron chi connectivity index (χ2n) is 3.98. The SMILES string of the molecule is CC(NC(=O)N(C)CCO)c1ccc(F)cc1Cl. The summed E-state index contributed by atoms with van der Waals surface area (Å²) < 4.78 is 12.9. The lowest BCUT2D eigenvalue weighted by atomic mass is 10.1. The van der Waals surface area contributed by atoms with Crippen LogP contribution in [0.1, 0.15) is 18.5 Å². The Morgan fingerprint density at radius 3 is 2.83 bits per heavy atom. The molecule has 6 heteroatoms. The fraction of sp³-hybridized carbons (Fsp3) is 0.417. The van der Waals surface area contributed by atoms with Crippen LogP contribution in [-0.2, 0) is 0 Å². The van der Waals surface area contributed by atoms with Gasteiger partial charge in [0.15, 0.2) is 0 Å². The third-order valence-corrected chi connectivity index (χ3v) is 2.88. The Morgan fingerprint density at radius 2 is 2.28 bits per heavy atom. The number of aliphatic hydroxyl groups is 1. The maximum Gasteiger partial charge on any atom is 0.317 e. The molecule has 100 valence electrons. The van der Waals surface area contributed by atoms with Crippen molar-refractivity contribution >= 4 is 17.6 Å². The van der Waals surface area contributed by atoms with Gasteiger partial charge in [0, 0.05) is 18.6 Å². The van der Waals surface area contributed by atoms with Crippen molar-refractivity contribution in [2.75, 3.05) is 20.2 Å². The first-order valence-electron chi connectivity index (χ1n) is 5.53. The minimum absolute atomic E-state index is 0.102. The Kier molecular flexibility index (Phi) is 5.37. The summed E-state index contributed by atoms with van der Waals surface area (Å²) in [6.45, 7) is 1.90. The number of aliphatic hydroxyl groups excluding tert-OH is 1. The van der Waals surface area contributed by atoms with Gasteiger partial charge in [0.05, 0.1) is 12.6 Å². The first kappa shape index (κ1) is 14.7. The van der Waals surface area contributed by atoms with E-state index in [-0.39, 0.29) is 30.2 Å². The molecule has 4 nitrogen and oxygen atoms in total. The Labute approximate surface area is 110 Å². The number of halogens is 2. The van der Waals surface area contributed by atoms with Crippen LogP contribution < -0.4 is 5.32 Å². The van der Waals surface area contributed by atoms with Crippen LogP contribution in [0.25, 0.3) is 0 Å². The average Bonchev–Trinajstić information content (AvgIpc) is 2.28. The van der Waals surface area contributed by atoms with Crippen molar-refractivity contribution in [1.82, 2.24) is 10.2 Å². The van der Waals surface area contributed by atoms with Gasteiger partial charge in [0.25, 0.3) is 0 Å². The van der Waals surface area contributed by atoms with E-state index in [0.717, 1.165) is 0 Å². The van der Waals surface area contributed by atoms with E-state index in [1.54, 1.807) is 14.0 Å². The molecule has 0 bridgehead atoms. The monoisotopic (exact) mass is 274 g/mol. The fourth-order valence-electron chi connectivity index (χ4n) is 1.48. The number of hydrogen-bond acceptors (Lipinski definition) is 2. The molecular formula is C12H16ClFN2O2. The molecule has 1 atom stereocenters. The Bertz CT molecular complexity index is 429. The number of rotatable bonds is 4. The van der Waals surface area contributed by atoms with E-state index in [0.29, 0.717) is 5.56 Å². The van der Waals surface area contributed by atoms with E-state index < -0.39 is 5.82 Å². The topological polar surface area (TPSA) is 52.6 Å². The summed E-state index contributed by atoms with van der Waals surface area (Å²) in [5.41, 5.74) is 0.642. The van der Waals surface area contributed by atoms with Gasteiger partial charge in [-0.05, 0) is 24.6 Å². The van der Waals surface area contributed by atoms with Crippen LogP contribution in [0, 0.1) is 5.82 Å². The number of urea groups is 1. The summed E-state index contributed by atoms with van der Waals surface area (Å²) in [6, 6.07) is 3.37. The quantitative estimate of drug-likeness (QED) is 0.884. The van der Waals surface area contributed by atoms with E-state index in [9.17, 15) is 9.18 Å². The van der Waals surface area contributed by atoms with Crippen molar-refractivity contribution in [3.8, 4) is 0 Å². The molecule has 0 spiro atoms. The van der Waals surface area contributed by atoms with Gasteiger partial charge in [-0.3, -0.25) is 0 Å². The number of hydrogen-bond donors (Lipinski definition) is 2. The van der Waals surface area contributed by atoms with Crippen molar-refractivity contribution < 1.29 is 14.3 Å². The minimum Gasteiger partial charge on any atom is -0.395 e. The first-order chi connectivity index (χ1) is 8.45. The molecular weight excluding hydrogens is 259 g/mol. The highest BCUT2D eigenvalue weighted by Crippen LogP contribution is 2.23. The first-order valence-corrected chi connectivity index (χ1v) is 5.91. The zero-order valence-corrected chi connectivity index (χ0v) is 11.0. The zero-order valence-electron chi connectivity index (χ0n) is 10.3. The van der Waals surface area contributed by atoms with E-state index in [1.165, 1.54) is 23.1 Å². The number of carbonyl (C=O) groups is 1. The van der Waals surface area contributed by atoms with Crippen LogP contribution >= 0.6 is 11.6 Å². The smallest absolute Gasteiger partial charge is 0.317 e. The van der Waals surface area contributed by atoms with Crippen molar-refractivity contribution in [3.63, 3.8) is 0 Å². The number of benzene rings is 1. The highest BCUT2D eigenvalue weighted by Gasteiger charge is 2.15. The van der Waals surface area contributed by atoms with Gasteiger partial charge < -0.3 is 15.3 Å². The maximum atomic E-state index is 12.9. The molecule has 0 aliphatic heterocycles. The summed E-state index contributed by atoms with van der Waals surface area (Å²) in [4.78, 5) is 13.0. The lowest BCUT2D eigenvalue weighted by molar-refractivity contribution is 0.188. The normalized spacial score (nSPS) is 12.1. The van der Waals surface area contributed by atoms with Crippen molar-refractivity contribution in [1.29, 1.82) is 0 Å². The highest BCUT2D eigenvalue weighted by atomic mass is 35.5. The fourth-order valence-corrected chi connectivity index (χ4v) is 1.81. The molecule has 0 radical (unpaired) electrons. The Hall–Kier alpha value is -1.33. The lowest BCUT2D eigenvalue weighted by Gasteiger charge is -2.21. The molecule has 0 aliphatic carbocycles. The molecule has 0 heterocycles. The molecule has 1 rings (SSSR count). The molecule has 0 aliphatic rings. The molecule has 0 fully saturated rings. The van der Waals surface area contributed by atoms with Crippen LogP contribution in [0.15, 0.2) is 18.2 Å². The number of likely N-dealkylation sites (N-methyl/N-ethyl adjacent to an activating group) is 1. The van der Waals surface area contributed by atoms with Crippen molar-refractivity contribution in [2.24, 2.45) is 0 Å². The van der Waals surface area contributed by atoms with Gasteiger partial charge in [-0.25, -0.2) is 9.18 Å². The number of carbonyl (C=O) groups excluding carboxylic acids is 1. The Morgan fingerprint density at radius 1 is 1.61 bits per heavy atom. The minimum atomic E-state index is -0.417. The molecule has 18 heavy (non-hydrogen) atoms. The van der Waals surface area contributed by atoms with Crippen LogP contribution in [0.3, 0.4) is 0 Å². The second kappa shape index (κ2) is 6.56. The Balaban J connectivity index is 2.70. The third-order valence-electron chi connectivity index (χ3n) is 2.55. The van der Waals surface area contributed by atoms with Crippen LogP contribution in [0.2, 0.25) is 5.02 Å². The molecule has 1 aromatic carbocycles. The standard InChI is InChI=1S/C12H16ClFN2O2/c1-8(15-12(18)16(2)5-6-17)10-4-3-9(14)7-11(10)13/h3-4,7-8,17H,5-6H2,1-2H3,(H,15,18). The summed E-state index contributed by atoms with van der Waals surface area (Å²) in [6.07, 6.45) is 0. The third kappa shape index (κ3) is 3.85. The van der Waals surface area contributed by atoms with Gasteiger partial charge in [-0.15, -0.1) is 0 Å². The second-order valence-corrected chi connectivity index (χ2v) is 4.39. The predicted molar refractivity (Wildman–Crippen MR) is 68.1 cm³/mol. The van der Waals surface area contributed by atoms with E-state index >= 15 is 0 Å². The molecule has 2 amide bonds. The predicted octanol–water partition coefficient (Wildman–Crippen LogP) is 2.17. The number of amides is 2. The van der Waals surface area contributed by atoms with E-state index in [2.05, 4.69) is 5.32 Å². The highest BCUT2D eigenvalue weighted by molar-refractivity contribution is 6.31. The van der Waals surface area contributed by atoms with Crippen molar-refractivity contribution in [3.05, 3.63) is 34.6 Å². The summed E-state index contributed by atoms with van der Waals surface area (Å²) >= 11 is 5.90. The summed E-state index contributed by atoms with van der Waals surface area (Å²) in [7, 11) is 1.57. The number of nitrogens with one attached hydrogen (secondary N) is 1. The van der Waals surface area contributed by atoms with Crippen LogP contribution in [0.4, 0.5) is 9.18 Å². The molecule has 1 aromatic rings. The number of nitrogens with zero attached hydrogens (tertiary/aromatic N) is 1. The van der Waals surface area contributed by atoms with E-state index in [1.807, 2.05) is 0 Å². The van der Waals surface area contributed by atoms with Gasteiger partial charge in [0.2, 0.25) is 0 Å².